The standard InChI is InChI=1S/C10H11Cl2NO.ClH/c11-7-1-2-9(12)8(5-7)10-6-14-4-3-13-10;/h1-2,5,10,13H,3-4,6H2;1H/t10-;/m1./s1. The van der Waals surface area contributed by atoms with Gasteiger partial charge in [-0.1, -0.05) is 23.2 Å². The van der Waals surface area contributed by atoms with E-state index >= 15 is 0 Å². The first-order chi connectivity index (χ1) is 6.77. The van der Waals surface area contributed by atoms with Gasteiger partial charge < -0.3 is 10.1 Å². The predicted molar refractivity (Wildman–Crippen MR) is 65.3 cm³/mol. The molecule has 5 heteroatoms. The molecule has 1 aromatic rings. The zero-order valence-corrected chi connectivity index (χ0v) is 10.3. The van der Waals surface area contributed by atoms with E-state index in [4.69, 9.17) is 27.9 Å². The molecular formula is C10H12Cl3NO. The molecule has 0 saturated carbocycles. The average molecular weight is 269 g/mol. The Kier molecular flexibility index (Phi) is 5.16. The van der Waals surface area contributed by atoms with Crippen LogP contribution < -0.4 is 5.32 Å². The number of ether oxygens (including phenoxy) is 1. The van der Waals surface area contributed by atoms with Gasteiger partial charge in [0.05, 0.1) is 19.3 Å². The summed E-state index contributed by atoms with van der Waals surface area (Å²) >= 11 is 12.0. The Morgan fingerprint density at radius 3 is 2.80 bits per heavy atom. The van der Waals surface area contributed by atoms with Gasteiger partial charge in [0.15, 0.2) is 0 Å². The summed E-state index contributed by atoms with van der Waals surface area (Å²) in [6, 6.07) is 5.65. The molecule has 15 heavy (non-hydrogen) atoms. The lowest BCUT2D eigenvalue weighted by Gasteiger charge is -2.25. The van der Waals surface area contributed by atoms with Crippen LogP contribution in [0.3, 0.4) is 0 Å². The topological polar surface area (TPSA) is 21.3 Å². The van der Waals surface area contributed by atoms with E-state index < -0.39 is 0 Å². The van der Waals surface area contributed by atoms with Crippen molar-refractivity contribution in [1.82, 2.24) is 5.32 Å². The molecule has 0 bridgehead atoms. The third kappa shape index (κ3) is 3.23. The number of hydrogen-bond donors (Lipinski definition) is 1. The van der Waals surface area contributed by atoms with Crippen molar-refractivity contribution < 1.29 is 4.74 Å². The van der Waals surface area contributed by atoms with Gasteiger partial charge in [0.1, 0.15) is 0 Å². The highest BCUT2D eigenvalue weighted by Crippen LogP contribution is 2.27. The second kappa shape index (κ2) is 5.92. The molecule has 1 aliphatic heterocycles. The van der Waals surface area contributed by atoms with Crippen LogP contribution in [-0.4, -0.2) is 19.8 Å². The van der Waals surface area contributed by atoms with Crippen molar-refractivity contribution in [2.24, 2.45) is 0 Å². The predicted octanol–water partition coefficient (Wildman–Crippen LogP) is 3.08. The van der Waals surface area contributed by atoms with Crippen LogP contribution in [0, 0.1) is 0 Å². The average Bonchev–Trinajstić information content (AvgIpc) is 2.23. The monoisotopic (exact) mass is 267 g/mol. The second-order valence-electron chi connectivity index (χ2n) is 3.25. The molecule has 0 aromatic heterocycles. The third-order valence-electron chi connectivity index (χ3n) is 2.26. The van der Waals surface area contributed by atoms with Crippen molar-refractivity contribution in [1.29, 1.82) is 0 Å². The highest BCUT2D eigenvalue weighted by atomic mass is 35.5. The Balaban J connectivity index is 0.00000112. The van der Waals surface area contributed by atoms with Gasteiger partial charge in [0.2, 0.25) is 0 Å². The fraction of sp³-hybridized carbons (Fsp3) is 0.400. The van der Waals surface area contributed by atoms with Gasteiger partial charge in [-0.05, 0) is 23.8 Å². The van der Waals surface area contributed by atoms with Crippen LogP contribution in [0.2, 0.25) is 10.0 Å². The van der Waals surface area contributed by atoms with Gasteiger partial charge in [0.25, 0.3) is 0 Å². The number of nitrogens with one attached hydrogen (secondary N) is 1. The van der Waals surface area contributed by atoms with Crippen molar-refractivity contribution in [3.63, 3.8) is 0 Å². The van der Waals surface area contributed by atoms with Crippen molar-refractivity contribution >= 4 is 35.6 Å². The molecule has 0 unspecified atom stereocenters. The summed E-state index contributed by atoms with van der Waals surface area (Å²) < 4.78 is 5.37. The van der Waals surface area contributed by atoms with E-state index in [1.807, 2.05) is 12.1 Å². The minimum atomic E-state index is 0. The highest BCUT2D eigenvalue weighted by molar-refractivity contribution is 6.33. The quantitative estimate of drug-likeness (QED) is 0.845. The van der Waals surface area contributed by atoms with Gasteiger partial charge in [0, 0.05) is 16.6 Å². The number of benzene rings is 1. The van der Waals surface area contributed by atoms with Gasteiger partial charge in [-0.15, -0.1) is 12.4 Å². The van der Waals surface area contributed by atoms with Gasteiger partial charge in [-0.3, -0.25) is 0 Å². The molecule has 0 amide bonds. The molecule has 1 heterocycles. The summed E-state index contributed by atoms with van der Waals surface area (Å²) in [4.78, 5) is 0. The molecule has 2 rings (SSSR count). The van der Waals surface area contributed by atoms with E-state index in [9.17, 15) is 0 Å². The summed E-state index contributed by atoms with van der Waals surface area (Å²) in [6.45, 7) is 2.27. The lowest BCUT2D eigenvalue weighted by molar-refractivity contribution is 0.0769. The largest absolute Gasteiger partial charge is 0.378 e. The Morgan fingerprint density at radius 1 is 1.33 bits per heavy atom. The van der Waals surface area contributed by atoms with E-state index in [1.54, 1.807) is 6.07 Å². The maximum absolute atomic E-state index is 6.08. The smallest absolute Gasteiger partial charge is 0.0662 e. The summed E-state index contributed by atoms with van der Waals surface area (Å²) in [5.74, 6) is 0. The molecule has 0 aliphatic carbocycles. The summed E-state index contributed by atoms with van der Waals surface area (Å²) in [5.41, 5.74) is 1.01. The van der Waals surface area contributed by atoms with Crippen molar-refractivity contribution in [2.75, 3.05) is 19.8 Å². The molecule has 1 aliphatic rings. The normalized spacial score (nSPS) is 20.8. The number of rotatable bonds is 1. The fourth-order valence-corrected chi connectivity index (χ4v) is 1.98. The van der Waals surface area contributed by atoms with E-state index in [2.05, 4.69) is 5.32 Å². The van der Waals surface area contributed by atoms with Crippen LogP contribution in [0.15, 0.2) is 18.2 Å². The summed E-state index contributed by atoms with van der Waals surface area (Å²) in [5, 5.41) is 4.77. The molecule has 1 saturated heterocycles. The Bertz CT molecular complexity index is 326. The molecule has 1 fully saturated rings. The molecule has 1 N–H and O–H groups in total. The first-order valence-corrected chi connectivity index (χ1v) is 5.29. The van der Waals surface area contributed by atoms with Gasteiger partial charge >= 0.3 is 0 Å². The van der Waals surface area contributed by atoms with Crippen molar-refractivity contribution in [2.45, 2.75) is 6.04 Å². The Morgan fingerprint density at radius 2 is 2.13 bits per heavy atom. The molecule has 1 aromatic carbocycles. The summed E-state index contributed by atoms with van der Waals surface area (Å²) in [7, 11) is 0. The molecule has 0 spiro atoms. The minimum Gasteiger partial charge on any atom is -0.378 e. The number of morpholine rings is 1. The highest BCUT2D eigenvalue weighted by Gasteiger charge is 2.17. The Labute approximate surface area is 105 Å². The number of hydrogen-bond acceptors (Lipinski definition) is 2. The second-order valence-corrected chi connectivity index (χ2v) is 4.09. The zero-order chi connectivity index (χ0) is 9.97. The van der Waals surface area contributed by atoms with Crippen molar-refractivity contribution in [3.05, 3.63) is 33.8 Å². The molecular weight excluding hydrogens is 256 g/mol. The van der Waals surface area contributed by atoms with Crippen LogP contribution in [0.1, 0.15) is 11.6 Å². The van der Waals surface area contributed by atoms with Crippen LogP contribution in [0.5, 0.6) is 0 Å². The molecule has 2 nitrogen and oxygen atoms in total. The van der Waals surface area contributed by atoms with E-state index in [-0.39, 0.29) is 18.4 Å². The van der Waals surface area contributed by atoms with E-state index in [0.29, 0.717) is 11.6 Å². The zero-order valence-electron chi connectivity index (χ0n) is 8.00. The van der Waals surface area contributed by atoms with Crippen LogP contribution in [-0.2, 0) is 4.74 Å². The lowest BCUT2D eigenvalue weighted by atomic mass is 10.1. The maximum atomic E-state index is 6.08. The fourth-order valence-electron chi connectivity index (χ4n) is 1.55. The third-order valence-corrected chi connectivity index (χ3v) is 2.83. The summed E-state index contributed by atoms with van der Waals surface area (Å²) in [6.07, 6.45) is 0. The van der Waals surface area contributed by atoms with E-state index in [0.717, 1.165) is 23.7 Å². The Hall–Kier alpha value is 0.01000. The van der Waals surface area contributed by atoms with Crippen LogP contribution in [0.25, 0.3) is 0 Å². The first-order valence-electron chi connectivity index (χ1n) is 4.53. The van der Waals surface area contributed by atoms with Crippen LogP contribution in [0.4, 0.5) is 0 Å². The van der Waals surface area contributed by atoms with E-state index in [1.165, 1.54) is 0 Å². The minimum absolute atomic E-state index is 0. The number of halogens is 3. The van der Waals surface area contributed by atoms with Crippen molar-refractivity contribution in [3.8, 4) is 0 Å². The molecule has 1 atom stereocenters. The molecule has 84 valence electrons. The molecule has 0 radical (unpaired) electrons. The van der Waals surface area contributed by atoms with Crippen LogP contribution >= 0.6 is 35.6 Å². The SMILES string of the molecule is Cl.Clc1ccc(Cl)c([C@H]2COCCN2)c1. The first kappa shape index (κ1) is 13.1. The lowest BCUT2D eigenvalue weighted by Crippen LogP contribution is -2.34. The van der Waals surface area contributed by atoms with Gasteiger partial charge in [-0.25, -0.2) is 0 Å². The maximum Gasteiger partial charge on any atom is 0.0662 e. The van der Waals surface area contributed by atoms with Gasteiger partial charge in [-0.2, -0.15) is 0 Å².